The first-order valence-electron chi connectivity index (χ1n) is 4.15. The standard InChI is InChI=1S/C10H10ClN3O/c11-8-4-1-7(2-5-8)3-6-9(15)14-10(12)13/h1-6H,(H4,12,13,14,15)/b6-3+. The van der Waals surface area contributed by atoms with Crippen molar-refractivity contribution in [3.63, 3.8) is 0 Å². The number of aliphatic imine (C=N–C) groups is 1. The predicted octanol–water partition coefficient (Wildman–Crippen LogP) is 1.15. The van der Waals surface area contributed by atoms with Crippen LogP contribution < -0.4 is 11.5 Å². The molecule has 4 nitrogen and oxygen atoms in total. The molecule has 1 rings (SSSR count). The number of guanidine groups is 1. The highest BCUT2D eigenvalue weighted by Crippen LogP contribution is 2.10. The summed E-state index contributed by atoms with van der Waals surface area (Å²) >= 11 is 5.70. The number of amides is 1. The van der Waals surface area contributed by atoms with Crippen LogP contribution >= 0.6 is 11.6 Å². The van der Waals surface area contributed by atoms with Crippen LogP contribution in [0.5, 0.6) is 0 Å². The second-order valence-corrected chi connectivity index (χ2v) is 3.20. The van der Waals surface area contributed by atoms with E-state index in [9.17, 15) is 4.79 Å². The second kappa shape index (κ2) is 5.17. The van der Waals surface area contributed by atoms with Gasteiger partial charge in [-0.1, -0.05) is 23.7 Å². The van der Waals surface area contributed by atoms with Crippen LogP contribution in [0.4, 0.5) is 0 Å². The van der Waals surface area contributed by atoms with Crippen LogP contribution in [0, 0.1) is 0 Å². The van der Waals surface area contributed by atoms with Crippen molar-refractivity contribution < 1.29 is 4.79 Å². The van der Waals surface area contributed by atoms with E-state index < -0.39 is 5.91 Å². The highest BCUT2D eigenvalue weighted by molar-refractivity contribution is 6.30. The van der Waals surface area contributed by atoms with Gasteiger partial charge in [0.1, 0.15) is 0 Å². The van der Waals surface area contributed by atoms with Gasteiger partial charge in [0.25, 0.3) is 5.91 Å². The summed E-state index contributed by atoms with van der Waals surface area (Å²) in [5.41, 5.74) is 10.9. The van der Waals surface area contributed by atoms with Crippen LogP contribution in [0.2, 0.25) is 5.02 Å². The van der Waals surface area contributed by atoms with Crippen LogP contribution in [0.15, 0.2) is 35.3 Å². The van der Waals surface area contributed by atoms with Gasteiger partial charge in [0.15, 0.2) is 5.96 Å². The average molecular weight is 224 g/mol. The highest BCUT2D eigenvalue weighted by atomic mass is 35.5. The summed E-state index contributed by atoms with van der Waals surface area (Å²) in [4.78, 5) is 14.4. The highest BCUT2D eigenvalue weighted by Gasteiger charge is 1.93. The lowest BCUT2D eigenvalue weighted by atomic mass is 10.2. The van der Waals surface area contributed by atoms with Gasteiger partial charge in [-0.3, -0.25) is 4.79 Å². The van der Waals surface area contributed by atoms with Gasteiger partial charge in [0, 0.05) is 11.1 Å². The Morgan fingerprint density at radius 2 is 1.87 bits per heavy atom. The second-order valence-electron chi connectivity index (χ2n) is 2.76. The van der Waals surface area contributed by atoms with E-state index in [0.29, 0.717) is 5.02 Å². The van der Waals surface area contributed by atoms with Crippen molar-refractivity contribution in [2.75, 3.05) is 0 Å². The molecule has 0 radical (unpaired) electrons. The van der Waals surface area contributed by atoms with Crippen molar-refractivity contribution in [2.24, 2.45) is 16.5 Å². The molecule has 78 valence electrons. The molecule has 0 bridgehead atoms. The van der Waals surface area contributed by atoms with Crippen molar-refractivity contribution >= 4 is 29.5 Å². The molecule has 0 aliphatic carbocycles. The summed E-state index contributed by atoms with van der Waals surface area (Å²) < 4.78 is 0. The minimum atomic E-state index is -0.495. The van der Waals surface area contributed by atoms with Crippen molar-refractivity contribution in [2.45, 2.75) is 0 Å². The summed E-state index contributed by atoms with van der Waals surface area (Å²) in [6, 6.07) is 7.02. The third kappa shape index (κ3) is 4.28. The van der Waals surface area contributed by atoms with E-state index in [-0.39, 0.29) is 5.96 Å². The maximum atomic E-state index is 11.0. The summed E-state index contributed by atoms with van der Waals surface area (Å²) in [6.45, 7) is 0. The van der Waals surface area contributed by atoms with Crippen LogP contribution in [0.1, 0.15) is 5.56 Å². The molecule has 1 aromatic rings. The molecule has 0 atom stereocenters. The van der Waals surface area contributed by atoms with E-state index in [2.05, 4.69) is 4.99 Å². The van der Waals surface area contributed by atoms with Gasteiger partial charge >= 0.3 is 0 Å². The normalized spacial score (nSPS) is 10.2. The molecule has 0 aliphatic heterocycles. The fourth-order valence-electron chi connectivity index (χ4n) is 0.906. The van der Waals surface area contributed by atoms with E-state index in [0.717, 1.165) is 5.56 Å². The smallest absolute Gasteiger partial charge is 0.272 e. The number of carbonyl (C=O) groups excluding carboxylic acids is 1. The molecule has 0 saturated carbocycles. The Hall–Kier alpha value is -1.81. The largest absolute Gasteiger partial charge is 0.370 e. The first kappa shape index (κ1) is 11.3. The predicted molar refractivity (Wildman–Crippen MR) is 61.3 cm³/mol. The van der Waals surface area contributed by atoms with Crippen molar-refractivity contribution in [1.82, 2.24) is 0 Å². The molecule has 0 saturated heterocycles. The number of hydrogen-bond donors (Lipinski definition) is 2. The number of nitrogens with zero attached hydrogens (tertiary/aromatic N) is 1. The van der Waals surface area contributed by atoms with E-state index in [1.54, 1.807) is 30.3 Å². The zero-order chi connectivity index (χ0) is 11.3. The Morgan fingerprint density at radius 3 is 2.40 bits per heavy atom. The zero-order valence-electron chi connectivity index (χ0n) is 7.85. The molecule has 0 heterocycles. The quantitative estimate of drug-likeness (QED) is 0.448. The third-order valence-electron chi connectivity index (χ3n) is 1.53. The maximum Gasteiger partial charge on any atom is 0.272 e. The lowest BCUT2D eigenvalue weighted by Gasteiger charge is -1.92. The number of benzene rings is 1. The molecule has 1 aromatic carbocycles. The lowest BCUT2D eigenvalue weighted by Crippen LogP contribution is -2.23. The summed E-state index contributed by atoms with van der Waals surface area (Å²) in [7, 11) is 0. The summed E-state index contributed by atoms with van der Waals surface area (Å²) in [5.74, 6) is -0.745. The summed E-state index contributed by atoms with van der Waals surface area (Å²) in [6.07, 6.45) is 2.88. The van der Waals surface area contributed by atoms with Crippen LogP contribution in [0.25, 0.3) is 6.08 Å². The molecule has 4 N–H and O–H groups in total. The van der Waals surface area contributed by atoms with Crippen molar-refractivity contribution in [3.05, 3.63) is 40.9 Å². The van der Waals surface area contributed by atoms with Gasteiger partial charge in [-0.2, -0.15) is 4.99 Å². The minimum absolute atomic E-state index is 0.249. The number of halogens is 1. The average Bonchev–Trinajstić information content (AvgIpc) is 2.16. The third-order valence-corrected chi connectivity index (χ3v) is 1.78. The number of carbonyl (C=O) groups is 1. The molecule has 0 unspecified atom stereocenters. The summed E-state index contributed by atoms with van der Waals surface area (Å²) in [5, 5.41) is 0.641. The van der Waals surface area contributed by atoms with Crippen molar-refractivity contribution in [3.8, 4) is 0 Å². The topological polar surface area (TPSA) is 81.5 Å². The fraction of sp³-hybridized carbons (Fsp3) is 0. The molecule has 1 amide bonds. The van der Waals surface area contributed by atoms with Crippen molar-refractivity contribution in [1.29, 1.82) is 0 Å². The molecule has 5 heteroatoms. The van der Waals surface area contributed by atoms with Gasteiger partial charge in [-0.15, -0.1) is 0 Å². The molecule has 0 fully saturated rings. The van der Waals surface area contributed by atoms with Gasteiger partial charge in [-0.05, 0) is 23.8 Å². The first-order valence-corrected chi connectivity index (χ1v) is 4.53. The Labute approximate surface area is 92.2 Å². The van der Waals surface area contributed by atoms with Crippen LogP contribution in [-0.2, 0) is 4.79 Å². The SMILES string of the molecule is NC(N)=NC(=O)/C=C/c1ccc(Cl)cc1. The first-order chi connectivity index (χ1) is 7.08. The molecule has 15 heavy (non-hydrogen) atoms. The zero-order valence-corrected chi connectivity index (χ0v) is 8.61. The van der Waals surface area contributed by atoms with Gasteiger partial charge < -0.3 is 11.5 Å². The Morgan fingerprint density at radius 1 is 1.27 bits per heavy atom. The van der Waals surface area contributed by atoms with Gasteiger partial charge in [0.2, 0.25) is 0 Å². The molecule has 0 aromatic heterocycles. The minimum Gasteiger partial charge on any atom is -0.370 e. The van der Waals surface area contributed by atoms with E-state index in [1.165, 1.54) is 6.08 Å². The van der Waals surface area contributed by atoms with E-state index >= 15 is 0 Å². The van der Waals surface area contributed by atoms with Crippen LogP contribution in [-0.4, -0.2) is 11.9 Å². The Bertz CT molecular complexity index is 405. The van der Waals surface area contributed by atoms with E-state index in [4.69, 9.17) is 23.1 Å². The van der Waals surface area contributed by atoms with Gasteiger partial charge in [-0.25, -0.2) is 0 Å². The fourth-order valence-corrected chi connectivity index (χ4v) is 1.03. The molecule has 0 spiro atoms. The molecule has 0 aliphatic rings. The number of nitrogens with two attached hydrogens (primary N) is 2. The molecular formula is C10H10ClN3O. The van der Waals surface area contributed by atoms with E-state index in [1.807, 2.05) is 0 Å². The monoisotopic (exact) mass is 223 g/mol. The Kier molecular flexibility index (Phi) is 3.88. The molecular weight excluding hydrogens is 214 g/mol. The maximum absolute atomic E-state index is 11.0. The number of hydrogen-bond acceptors (Lipinski definition) is 1. The lowest BCUT2D eigenvalue weighted by molar-refractivity contribution is -0.113. The van der Waals surface area contributed by atoms with Crippen LogP contribution in [0.3, 0.4) is 0 Å². The Balaban J connectivity index is 2.70. The number of rotatable bonds is 2. The van der Waals surface area contributed by atoms with Gasteiger partial charge in [0.05, 0.1) is 0 Å².